The van der Waals surface area contributed by atoms with Crippen LogP contribution in [0.2, 0.25) is 0 Å². The molecule has 0 unspecified atom stereocenters. The summed E-state index contributed by atoms with van der Waals surface area (Å²) in [5.74, 6) is 6.72. The summed E-state index contributed by atoms with van der Waals surface area (Å²) in [4.78, 5) is 2.41. The van der Waals surface area contributed by atoms with E-state index in [1.54, 1.807) is 0 Å². The van der Waals surface area contributed by atoms with Crippen LogP contribution in [-0.4, -0.2) is 49.9 Å². The molecule has 0 aromatic heterocycles. The first kappa shape index (κ1) is 15.8. The van der Waals surface area contributed by atoms with Gasteiger partial charge in [0.25, 0.3) is 0 Å². The minimum Gasteiger partial charge on any atom is -0.492 e. The summed E-state index contributed by atoms with van der Waals surface area (Å²) in [5, 5.41) is 0. The number of nitrogens with two attached hydrogens (primary N) is 1. The van der Waals surface area contributed by atoms with Crippen LogP contribution in [-0.2, 0) is 4.74 Å². The number of rotatable bonds is 4. The fourth-order valence-electron chi connectivity index (χ4n) is 2.40. The summed E-state index contributed by atoms with van der Waals surface area (Å²) in [7, 11) is 0. The van der Waals surface area contributed by atoms with E-state index < -0.39 is 0 Å². The van der Waals surface area contributed by atoms with Crippen LogP contribution in [0.5, 0.6) is 5.75 Å². The smallest absolute Gasteiger partial charge is 0.120 e. The summed E-state index contributed by atoms with van der Waals surface area (Å²) in [6, 6.07) is 7.82. The highest BCUT2D eigenvalue weighted by atomic mass is 16.5. The van der Waals surface area contributed by atoms with Crippen molar-refractivity contribution in [1.82, 2.24) is 4.90 Å². The Morgan fingerprint density at radius 1 is 1.43 bits per heavy atom. The van der Waals surface area contributed by atoms with Crippen molar-refractivity contribution in [1.29, 1.82) is 0 Å². The number of hydrogen-bond donors (Lipinski definition) is 1. The SMILES string of the molecule is CC1(C)COCCN1CCOc1cccc(C#CCN)c1. The van der Waals surface area contributed by atoms with Crippen molar-refractivity contribution < 1.29 is 9.47 Å². The number of nitrogens with zero attached hydrogens (tertiary/aromatic N) is 1. The maximum absolute atomic E-state index is 5.84. The van der Waals surface area contributed by atoms with E-state index in [4.69, 9.17) is 15.2 Å². The van der Waals surface area contributed by atoms with Crippen LogP contribution < -0.4 is 10.5 Å². The first-order chi connectivity index (χ1) is 10.1. The van der Waals surface area contributed by atoms with Gasteiger partial charge >= 0.3 is 0 Å². The van der Waals surface area contributed by atoms with Gasteiger partial charge in [-0.3, -0.25) is 4.90 Å². The third kappa shape index (κ3) is 4.75. The molecule has 0 radical (unpaired) electrons. The van der Waals surface area contributed by atoms with Crippen molar-refractivity contribution in [3.63, 3.8) is 0 Å². The normalized spacial score (nSPS) is 17.9. The Labute approximate surface area is 127 Å². The fraction of sp³-hybridized carbons (Fsp3) is 0.529. The maximum Gasteiger partial charge on any atom is 0.120 e. The molecule has 2 rings (SSSR count). The monoisotopic (exact) mass is 288 g/mol. The lowest BCUT2D eigenvalue weighted by atomic mass is 10.0. The van der Waals surface area contributed by atoms with Gasteiger partial charge in [-0.15, -0.1) is 0 Å². The number of benzene rings is 1. The molecule has 0 atom stereocenters. The predicted molar refractivity (Wildman–Crippen MR) is 84.3 cm³/mol. The van der Waals surface area contributed by atoms with Crippen molar-refractivity contribution in [3.05, 3.63) is 29.8 Å². The molecule has 1 heterocycles. The first-order valence-corrected chi connectivity index (χ1v) is 7.36. The summed E-state index contributed by atoms with van der Waals surface area (Å²) in [6.45, 7) is 8.87. The van der Waals surface area contributed by atoms with Gasteiger partial charge in [-0.2, -0.15) is 0 Å². The van der Waals surface area contributed by atoms with Crippen LogP contribution in [0.15, 0.2) is 24.3 Å². The molecule has 4 nitrogen and oxygen atoms in total. The highest BCUT2D eigenvalue weighted by molar-refractivity contribution is 5.39. The third-order valence-corrected chi connectivity index (χ3v) is 3.62. The highest BCUT2D eigenvalue weighted by Gasteiger charge is 2.29. The molecule has 1 saturated heterocycles. The highest BCUT2D eigenvalue weighted by Crippen LogP contribution is 2.19. The van der Waals surface area contributed by atoms with Crippen LogP contribution >= 0.6 is 0 Å². The summed E-state index contributed by atoms with van der Waals surface area (Å²) in [6.07, 6.45) is 0. The van der Waals surface area contributed by atoms with Crippen LogP contribution in [0, 0.1) is 11.8 Å². The van der Waals surface area contributed by atoms with E-state index in [0.717, 1.165) is 37.6 Å². The number of morpholine rings is 1. The lowest BCUT2D eigenvalue weighted by Gasteiger charge is -2.41. The van der Waals surface area contributed by atoms with Crippen molar-refractivity contribution in [2.24, 2.45) is 5.73 Å². The van der Waals surface area contributed by atoms with Gasteiger partial charge in [0.2, 0.25) is 0 Å². The van der Waals surface area contributed by atoms with Gasteiger partial charge in [0.1, 0.15) is 12.4 Å². The second-order valence-electron chi connectivity index (χ2n) is 5.73. The maximum atomic E-state index is 5.84. The Hall–Kier alpha value is -1.54. The molecule has 4 heteroatoms. The molecule has 1 fully saturated rings. The fourth-order valence-corrected chi connectivity index (χ4v) is 2.40. The van der Waals surface area contributed by atoms with E-state index in [1.165, 1.54) is 0 Å². The lowest BCUT2D eigenvalue weighted by Crippen LogP contribution is -2.54. The molecule has 21 heavy (non-hydrogen) atoms. The average Bonchev–Trinajstić information content (AvgIpc) is 2.47. The summed E-state index contributed by atoms with van der Waals surface area (Å²) < 4.78 is 11.4. The van der Waals surface area contributed by atoms with Crippen molar-refractivity contribution in [3.8, 4) is 17.6 Å². The second kappa shape index (κ2) is 7.46. The summed E-state index contributed by atoms with van der Waals surface area (Å²) >= 11 is 0. The number of ether oxygens (including phenoxy) is 2. The van der Waals surface area contributed by atoms with Crippen molar-refractivity contribution in [2.75, 3.05) is 39.5 Å². The second-order valence-corrected chi connectivity index (χ2v) is 5.73. The van der Waals surface area contributed by atoms with Gasteiger partial charge in [-0.25, -0.2) is 0 Å². The van der Waals surface area contributed by atoms with Crippen LogP contribution in [0.1, 0.15) is 19.4 Å². The topological polar surface area (TPSA) is 47.7 Å². The molecule has 1 aliphatic rings. The zero-order valence-electron chi connectivity index (χ0n) is 12.9. The van der Waals surface area contributed by atoms with E-state index in [1.807, 2.05) is 24.3 Å². The average molecular weight is 288 g/mol. The standard InChI is InChI=1S/C17H24N2O2/c1-17(2)14-20-11-9-19(17)10-12-21-16-7-3-5-15(13-16)6-4-8-18/h3,5,7,13H,8-12,14,18H2,1-2H3. The largest absolute Gasteiger partial charge is 0.492 e. The van der Waals surface area contributed by atoms with Crippen LogP contribution in [0.3, 0.4) is 0 Å². The van der Waals surface area contributed by atoms with E-state index in [-0.39, 0.29) is 5.54 Å². The van der Waals surface area contributed by atoms with E-state index in [9.17, 15) is 0 Å². The quantitative estimate of drug-likeness (QED) is 0.853. The minimum absolute atomic E-state index is 0.0794. The van der Waals surface area contributed by atoms with Gasteiger partial charge in [-0.1, -0.05) is 17.9 Å². The van der Waals surface area contributed by atoms with Gasteiger partial charge < -0.3 is 15.2 Å². The minimum atomic E-state index is 0.0794. The molecule has 0 aliphatic carbocycles. The van der Waals surface area contributed by atoms with Crippen molar-refractivity contribution in [2.45, 2.75) is 19.4 Å². The molecule has 1 aliphatic heterocycles. The molecular formula is C17H24N2O2. The molecule has 0 spiro atoms. The van der Waals surface area contributed by atoms with Gasteiger partial charge in [0.15, 0.2) is 0 Å². The zero-order valence-corrected chi connectivity index (χ0v) is 12.9. The molecular weight excluding hydrogens is 264 g/mol. The Morgan fingerprint density at radius 3 is 3.05 bits per heavy atom. The third-order valence-electron chi connectivity index (χ3n) is 3.62. The molecule has 0 saturated carbocycles. The molecule has 114 valence electrons. The number of hydrogen-bond acceptors (Lipinski definition) is 4. The Balaban J connectivity index is 1.85. The summed E-state index contributed by atoms with van der Waals surface area (Å²) in [5.41, 5.74) is 6.40. The molecule has 1 aromatic rings. The first-order valence-electron chi connectivity index (χ1n) is 7.36. The van der Waals surface area contributed by atoms with E-state index in [0.29, 0.717) is 13.2 Å². The van der Waals surface area contributed by atoms with Crippen molar-refractivity contribution >= 4 is 0 Å². The van der Waals surface area contributed by atoms with Gasteiger partial charge in [-0.05, 0) is 32.0 Å². The van der Waals surface area contributed by atoms with E-state index >= 15 is 0 Å². The Kier molecular flexibility index (Phi) is 5.63. The van der Waals surface area contributed by atoms with Gasteiger partial charge in [0.05, 0.1) is 19.8 Å². The Bertz CT molecular complexity index is 517. The molecule has 1 aromatic carbocycles. The predicted octanol–water partition coefficient (Wildman–Crippen LogP) is 1.49. The Morgan fingerprint density at radius 2 is 2.29 bits per heavy atom. The van der Waals surface area contributed by atoms with E-state index in [2.05, 4.69) is 30.6 Å². The zero-order chi connectivity index (χ0) is 15.1. The van der Waals surface area contributed by atoms with Gasteiger partial charge in [0, 0.05) is 24.2 Å². The van der Waals surface area contributed by atoms with Crippen LogP contribution in [0.25, 0.3) is 0 Å². The molecule has 0 bridgehead atoms. The molecule has 2 N–H and O–H groups in total. The lowest BCUT2D eigenvalue weighted by molar-refractivity contribution is -0.0547. The van der Waals surface area contributed by atoms with Crippen LogP contribution in [0.4, 0.5) is 0 Å². The molecule has 0 amide bonds.